The van der Waals surface area contributed by atoms with E-state index in [-0.39, 0.29) is 5.43 Å². The van der Waals surface area contributed by atoms with E-state index in [1.165, 1.54) is 26.9 Å². The maximum atomic E-state index is 12.5. The van der Waals surface area contributed by atoms with E-state index in [9.17, 15) is 4.79 Å². The monoisotopic (exact) mass is 491 g/mol. The Balaban J connectivity index is 1.29. The van der Waals surface area contributed by atoms with E-state index in [1.807, 2.05) is 6.07 Å². The molecule has 0 spiro atoms. The van der Waals surface area contributed by atoms with E-state index in [0.717, 1.165) is 16.5 Å². The second-order valence-electron chi connectivity index (χ2n) is 8.76. The first-order valence-electron chi connectivity index (χ1n) is 12.5. The maximum Gasteiger partial charge on any atom is 0.201 e. The van der Waals surface area contributed by atoms with Crippen molar-refractivity contribution in [3.05, 3.63) is 100 Å². The molecule has 5 rings (SSSR count). The Morgan fingerprint density at radius 1 is 0.676 bits per heavy atom. The predicted molar refractivity (Wildman–Crippen MR) is 151 cm³/mol. The van der Waals surface area contributed by atoms with E-state index in [0.29, 0.717) is 45.3 Å². The minimum Gasteiger partial charge on any atom is -0.382 e. The molecule has 5 aromatic rings. The van der Waals surface area contributed by atoms with Crippen molar-refractivity contribution in [2.45, 2.75) is 0 Å². The molecule has 0 aromatic heterocycles. The highest BCUT2D eigenvalue weighted by Gasteiger charge is 2.09. The highest BCUT2D eigenvalue weighted by molar-refractivity contribution is 6.23. The number of anilines is 1. The van der Waals surface area contributed by atoms with Crippen LogP contribution in [0, 0.1) is 11.8 Å². The lowest BCUT2D eigenvalue weighted by atomic mass is 9.92. The molecule has 5 aromatic carbocycles. The van der Waals surface area contributed by atoms with Crippen LogP contribution >= 0.6 is 0 Å². The number of methoxy groups -OCH3 is 1. The second kappa shape index (κ2) is 11.9. The molecule has 5 nitrogen and oxygen atoms in total. The van der Waals surface area contributed by atoms with Crippen molar-refractivity contribution in [1.29, 1.82) is 0 Å². The molecule has 0 fully saturated rings. The van der Waals surface area contributed by atoms with Crippen molar-refractivity contribution < 1.29 is 14.2 Å². The summed E-state index contributed by atoms with van der Waals surface area (Å²) in [6, 6.07) is 26.3. The molecule has 0 atom stereocenters. The Labute approximate surface area is 216 Å². The molecule has 0 saturated heterocycles. The summed E-state index contributed by atoms with van der Waals surface area (Å²) in [5.41, 5.74) is 2.19. The Bertz CT molecular complexity index is 1620. The van der Waals surface area contributed by atoms with Crippen LogP contribution in [0.25, 0.3) is 32.3 Å². The quantitative estimate of drug-likeness (QED) is 0.160. The largest absolute Gasteiger partial charge is 0.382 e. The standard InChI is InChI=1S/C32H29NO4/c1-35-19-20-37-22-21-36-18-17-33-29-15-6-23(7-16-30(29)34)5-8-24-9-10-27-12-11-25-3-2-4-26-13-14-28(24)32(27)31(25)26/h2-4,6-7,9-16H,17-22H2,1H3,(H,33,34). The topological polar surface area (TPSA) is 56.8 Å². The third-order valence-corrected chi connectivity index (χ3v) is 6.35. The summed E-state index contributed by atoms with van der Waals surface area (Å²) in [5, 5.41) is 10.5. The van der Waals surface area contributed by atoms with Crippen LogP contribution in [0.1, 0.15) is 11.1 Å². The Morgan fingerprint density at radius 3 is 2.16 bits per heavy atom. The smallest absolute Gasteiger partial charge is 0.201 e. The molecule has 37 heavy (non-hydrogen) atoms. The Morgan fingerprint density at radius 2 is 1.35 bits per heavy atom. The number of rotatable bonds is 10. The maximum absolute atomic E-state index is 12.5. The van der Waals surface area contributed by atoms with Crippen LogP contribution in [0.2, 0.25) is 0 Å². The molecule has 0 radical (unpaired) electrons. The average molecular weight is 492 g/mol. The van der Waals surface area contributed by atoms with Gasteiger partial charge in [0.15, 0.2) is 0 Å². The van der Waals surface area contributed by atoms with Gasteiger partial charge in [-0.2, -0.15) is 0 Å². The van der Waals surface area contributed by atoms with Gasteiger partial charge in [-0.15, -0.1) is 0 Å². The highest BCUT2D eigenvalue weighted by Crippen LogP contribution is 2.35. The van der Waals surface area contributed by atoms with Crippen LogP contribution in [-0.2, 0) is 14.2 Å². The van der Waals surface area contributed by atoms with E-state index in [4.69, 9.17) is 14.2 Å². The van der Waals surface area contributed by atoms with Gasteiger partial charge in [-0.05, 0) is 62.6 Å². The fourth-order valence-corrected chi connectivity index (χ4v) is 4.50. The highest BCUT2D eigenvalue weighted by atomic mass is 16.5. The van der Waals surface area contributed by atoms with E-state index in [1.54, 1.807) is 25.3 Å². The summed E-state index contributed by atoms with van der Waals surface area (Å²) in [7, 11) is 1.64. The average Bonchev–Trinajstić information content (AvgIpc) is 3.11. The first kappa shape index (κ1) is 24.7. The second-order valence-corrected chi connectivity index (χ2v) is 8.76. The normalized spacial score (nSPS) is 11.2. The first-order valence-corrected chi connectivity index (χ1v) is 12.5. The van der Waals surface area contributed by atoms with E-state index < -0.39 is 0 Å². The number of hydrogen-bond acceptors (Lipinski definition) is 5. The molecule has 0 aliphatic heterocycles. The van der Waals surface area contributed by atoms with Crippen molar-refractivity contribution in [2.75, 3.05) is 52.0 Å². The van der Waals surface area contributed by atoms with Crippen LogP contribution in [0.3, 0.4) is 0 Å². The summed E-state index contributed by atoms with van der Waals surface area (Å²) >= 11 is 0. The van der Waals surface area contributed by atoms with Crippen LogP contribution in [0.15, 0.2) is 83.7 Å². The lowest BCUT2D eigenvalue weighted by molar-refractivity contribution is 0.0272. The van der Waals surface area contributed by atoms with Crippen LogP contribution in [-0.4, -0.2) is 46.7 Å². The van der Waals surface area contributed by atoms with Crippen molar-refractivity contribution in [3.8, 4) is 11.8 Å². The Kier molecular flexibility index (Phi) is 7.93. The molecule has 1 N–H and O–H groups in total. The summed E-state index contributed by atoms with van der Waals surface area (Å²) in [6.07, 6.45) is 0. The fourth-order valence-electron chi connectivity index (χ4n) is 4.50. The molecule has 0 aliphatic rings. The van der Waals surface area contributed by atoms with Gasteiger partial charge in [0.25, 0.3) is 0 Å². The minimum absolute atomic E-state index is 0.0846. The number of hydrogen-bond donors (Lipinski definition) is 1. The first-order chi connectivity index (χ1) is 18.2. The molecular weight excluding hydrogens is 462 g/mol. The van der Waals surface area contributed by atoms with Gasteiger partial charge in [0.2, 0.25) is 5.43 Å². The third-order valence-electron chi connectivity index (χ3n) is 6.35. The van der Waals surface area contributed by atoms with Crippen molar-refractivity contribution in [2.24, 2.45) is 0 Å². The summed E-state index contributed by atoms with van der Waals surface area (Å²) < 4.78 is 15.8. The van der Waals surface area contributed by atoms with Gasteiger partial charge in [0, 0.05) is 24.8 Å². The fraction of sp³-hybridized carbons (Fsp3) is 0.219. The van der Waals surface area contributed by atoms with Gasteiger partial charge in [0.05, 0.1) is 38.7 Å². The van der Waals surface area contributed by atoms with Gasteiger partial charge >= 0.3 is 0 Å². The molecule has 186 valence electrons. The SMILES string of the molecule is COCCOCCOCCNc1ccc(C#Cc2ccc3ccc4cccc5ccc2c3c45)ccc1=O. The van der Waals surface area contributed by atoms with Crippen LogP contribution in [0.5, 0.6) is 0 Å². The lowest BCUT2D eigenvalue weighted by Crippen LogP contribution is -2.16. The molecule has 0 saturated carbocycles. The summed E-state index contributed by atoms with van der Waals surface area (Å²) in [5.74, 6) is 6.59. The van der Waals surface area contributed by atoms with Crippen molar-refractivity contribution >= 4 is 38.0 Å². The zero-order valence-corrected chi connectivity index (χ0v) is 20.9. The van der Waals surface area contributed by atoms with Gasteiger partial charge < -0.3 is 19.5 Å². The molecule has 0 unspecified atom stereocenters. The number of ether oxygens (including phenoxy) is 3. The van der Waals surface area contributed by atoms with Gasteiger partial charge in [-0.1, -0.05) is 60.4 Å². The van der Waals surface area contributed by atoms with Crippen LogP contribution < -0.4 is 10.7 Å². The van der Waals surface area contributed by atoms with Gasteiger partial charge in [-0.3, -0.25) is 4.79 Å². The molecule has 0 bridgehead atoms. The van der Waals surface area contributed by atoms with Crippen molar-refractivity contribution in [3.63, 3.8) is 0 Å². The minimum atomic E-state index is -0.0846. The zero-order valence-electron chi connectivity index (χ0n) is 20.9. The zero-order chi connectivity index (χ0) is 25.5. The Hall–Kier alpha value is -3.95. The summed E-state index contributed by atoms with van der Waals surface area (Å²) in [6.45, 7) is 3.16. The molecule has 0 amide bonds. The molecule has 5 heteroatoms. The lowest BCUT2D eigenvalue weighted by Gasteiger charge is -2.11. The molecule has 0 aliphatic carbocycles. The molecular formula is C32H29NO4. The van der Waals surface area contributed by atoms with E-state index >= 15 is 0 Å². The third kappa shape index (κ3) is 5.73. The van der Waals surface area contributed by atoms with Gasteiger partial charge in [0.1, 0.15) is 0 Å². The van der Waals surface area contributed by atoms with E-state index in [2.05, 4.69) is 71.8 Å². The summed E-state index contributed by atoms with van der Waals surface area (Å²) in [4.78, 5) is 12.5. The number of nitrogens with one attached hydrogen (secondary N) is 1. The van der Waals surface area contributed by atoms with Crippen molar-refractivity contribution in [1.82, 2.24) is 0 Å². The van der Waals surface area contributed by atoms with Crippen LogP contribution in [0.4, 0.5) is 5.69 Å². The van der Waals surface area contributed by atoms with Gasteiger partial charge in [-0.25, -0.2) is 0 Å². The number of benzene rings is 4. The predicted octanol–water partition coefficient (Wildman–Crippen LogP) is 5.44. The molecule has 0 heterocycles.